The zero-order valence-electron chi connectivity index (χ0n) is 11.0. The topological polar surface area (TPSA) is 24.9 Å². The summed E-state index contributed by atoms with van der Waals surface area (Å²) in [7, 11) is 0. The molecule has 0 aliphatic carbocycles. The van der Waals surface area contributed by atoms with Gasteiger partial charge in [0.25, 0.3) is 0 Å². The maximum atomic E-state index is 4.28. The molecule has 0 aliphatic heterocycles. The van der Waals surface area contributed by atoms with Crippen molar-refractivity contribution in [3.8, 4) is 0 Å². The maximum absolute atomic E-state index is 4.28. The first-order chi connectivity index (χ1) is 7.37. The highest BCUT2D eigenvalue weighted by Gasteiger charge is 2.07. The summed E-state index contributed by atoms with van der Waals surface area (Å²) in [6.07, 6.45) is 4.08. The number of hydrogen-bond donors (Lipinski definition) is 1. The van der Waals surface area contributed by atoms with Gasteiger partial charge in [-0.05, 0) is 46.2 Å². The minimum Gasteiger partial charge on any atom is -0.308 e. The quantitative estimate of drug-likeness (QED) is 0.843. The molecule has 0 atom stereocenters. The van der Waals surface area contributed by atoms with E-state index in [1.807, 2.05) is 19.2 Å². The van der Waals surface area contributed by atoms with Crippen LogP contribution in [0.2, 0.25) is 0 Å². The summed E-state index contributed by atoms with van der Waals surface area (Å²) < 4.78 is 0. The van der Waals surface area contributed by atoms with Gasteiger partial charge in [-0.15, -0.1) is 0 Å². The van der Waals surface area contributed by atoms with Crippen LogP contribution in [0.5, 0.6) is 0 Å². The molecule has 1 aromatic rings. The SMILES string of the molecule is C/C(=C/c1ccc(C)nc1)CNC(C)(C)C. The Balaban J connectivity index is 2.59. The molecule has 0 bridgehead atoms. The van der Waals surface area contributed by atoms with Crippen LogP contribution in [0, 0.1) is 6.92 Å². The van der Waals surface area contributed by atoms with Gasteiger partial charge in [0.1, 0.15) is 0 Å². The molecule has 1 aromatic heterocycles. The molecule has 0 unspecified atom stereocenters. The van der Waals surface area contributed by atoms with Gasteiger partial charge in [0.15, 0.2) is 0 Å². The van der Waals surface area contributed by atoms with E-state index in [9.17, 15) is 0 Å². The van der Waals surface area contributed by atoms with Gasteiger partial charge in [-0.3, -0.25) is 4.98 Å². The van der Waals surface area contributed by atoms with Crippen LogP contribution < -0.4 is 5.32 Å². The molecule has 0 aromatic carbocycles. The Morgan fingerprint density at radius 3 is 2.56 bits per heavy atom. The van der Waals surface area contributed by atoms with E-state index in [1.165, 1.54) is 11.1 Å². The third kappa shape index (κ3) is 5.08. The third-order valence-electron chi connectivity index (χ3n) is 2.24. The molecule has 0 spiro atoms. The number of nitrogens with one attached hydrogen (secondary N) is 1. The Morgan fingerprint density at radius 2 is 2.06 bits per heavy atom. The number of aromatic nitrogens is 1. The molecule has 1 N–H and O–H groups in total. The largest absolute Gasteiger partial charge is 0.308 e. The maximum Gasteiger partial charge on any atom is 0.0373 e. The molecule has 0 saturated carbocycles. The van der Waals surface area contributed by atoms with Gasteiger partial charge in [-0.25, -0.2) is 0 Å². The summed E-state index contributed by atoms with van der Waals surface area (Å²) in [5.74, 6) is 0. The highest BCUT2D eigenvalue weighted by Crippen LogP contribution is 2.07. The van der Waals surface area contributed by atoms with E-state index in [1.54, 1.807) is 0 Å². The number of pyridine rings is 1. The molecule has 1 rings (SSSR count). The lowest BCUT2D eigenvalue weighted by molar-refractivity contribution is 0.445. The fourth-order valence-corrected chi connectivity index (χ4v) is 1.30. The van der Waals surface area contributed by atoms with Crippen molar-refractivity contribution in [2.45, 2.75) is 40.2 Å². The van der Waals surface area contributed by atoms with Crippen molar-refractivity contribution in [3.05, 3.63) is 35.2 Å². The molecule has 0 amide bonds. The average molecular weight is 218 g/mol. The Kier molecular flexibility index (Phi) is 4.25. The molecule has 2 nitrogen and oxygen atoms in total. The first-order valence-corrected chi connectivity index (χ1v) is 5.72. The summed E-state index contributed by atoms with van der Waals surface area (Å²) in [5.41, 5.74) is 3.71. The van der Waals surface area contributed by atoms with E-state index in [-0.39, 0.29) is 5.54 Å². The zero-order chi connectivity index (χ0) is 12.2. The summed E-state index contributed by atoms with van der Waals surface area (Å²) in [6, 6.07) is 4.14. The molecule has 16 heavy (non-hydrogen) atoms. The highest BCUT2D eigenvalue weighted by atomic mass is 14.9. The molecule has 0 aliphatic rings. The minimum atomic E-state index is 0.167. The standard InChI is InChI=1S/C14H22N2/c1-11(9-16-14(3,4)5)8-13-7-6-12(2)15-10-13/h6-8,10,16H,9H2,1-5H3/b11-8-. The number of hydrogen-bond acceptors (Lipinski definition) is 2. The number of nitrogens with zero attached hydrogens (tertiary/aromatic N) is 1. The van der Waals surface area contributed by atoms with Crippen molar-refractivity contribution < 1.29 is 0 Å². The Bertz CT molecular complexity index is 355. The number of rotatable bonds is 3. The van der Waals surface area contributed by atoms with Crippen LogP contribution in [-0.4, -0.2) is 17.1 Å². The van der Waals surface area contributed by atoms with E-state index in [4.69, 9.17) is 0 Å². The molecule has 0 saturated heterocycles. The Hall–Kier alpha value is -1.15. The predicted octanol–water partition coefficient (Wildman–Crippen LogP) is 3.18. The molecule has 1 heterocycles. The molecular formula is C14H22N2. The van der Waals surface area contributed by atoms with Crippen molar-refractivity contribution in [1.29, 1.82) is 0 Å². The van der Waals surface area contributed by atoms with Crippen LogP contribution in [0.4, 0.5) is 0 Å². The smallest absolute Gasteiger partial charge is 0.0373 e. The first kappa shape index (κ1) is 12.9. The van der Waals surface area contributed by atoms with Gasteiger partial charge in [0.2, 0.25) is 0 Å². The highest BCUT2D eigenvalue weighted by molar-refractivity contribution is 5.51. The molecule has 88 valence electrons. The summed E-state index contributed by atoms with van der Waals surface area (Å²) in [4.78, 5) is 4.28. The monoisotopic (exact) mass is 218 g/mol. The van der Waals surface area contributed by atoms with E-state index >= 15 is 0 Å². The van der Waals surface area contributed by atoms with E-state index in [0.29, 0.717) is 0 Å². The van der Waals surface area contributed by atoms with Gasteiger partial charge < -0.3 is 5.32 Å². The lowest BCUT2D eigenvalue weighted by Gasteiger charge is -2.20. The van der Waals surface area contributed by atoms with Crippen LogP contribution >= 0.6 is 0 Å². The summed E-state index contributed by atoms with van der Waals surface area (Å²) >= 11 is 0. The third-order valence-corrected chi connectivity index (χ3v) is 2.24. The average Bonchev–Trinajstić information content (AvgIpc) is 2.18. The van der Waals surface area contributed by atoms with Gasteiger partial charge >= 0.3 is 0 Å². The molecule has 0 radical (unpaired) electrons. The Labute approximate surface area is 98.8 Å². The summed E-state index contributed by atoms with van der Waals surface area (Å²) in [5, 5.41) is 3.46. The van der Waals surface area contributed by atoms with Crippen molar-refractivity contribution in [1.82, 2.24) is 10.3 Å². The predicted molar refractivity (Wildman–Crippen MR) is 70.4 cm³/mol. The first-order valence-electron chi connectivity index (χ1n) is 5.72. The second-order valence-electron chi connectivity index (χ2n) is 5.33. The van der Waals surface area contributed by atoms with Crippen LogP contribution in [0.25, 0.3) is 6.08 Å². The van der Waals surface area contributed by atoms with Crippen molar-refractivity contribution >= 4 is 6.08 Å². The second kappa shape index (κ2) is 5.26. The van der Waals surface area contributed by atoms with Gasteiger partial charge in [-0.2, -0.15) is 0 Å². The summed E-state index contributed by atoms with van der Waals surface area (Å²) in [6.45, 7) is 11.6. The van der Waals surface area contributed by atoms with Crippen LogP contribution in [-0.2, 0) is 0 Å². The second-order valence-corrected chi connectivity index (χ2v) is 5.33. The van der Waals surface area contributed by atoms with Crippen molar-refractivity contribution in [2.75, 3.05) is 6.54 Å². The van der Waals surface area contributed by atoms with Gasteiger partial charge in [0, 0.05) is 24.0 Å². The number of aryl methyl sites for hydroxylation is 1. The van der Waals surface area contributed by atoms with Crippen LogP contribution in [0.15, 0.2) is 23.9 Å². The lowest BCUT2D eigenvalue weighted by atomic mass is 10.1. The zero-order valence-corrected chi connectivity index (χ0v) is 11.0. The molecule has 2 heteroatoms. The van der Waals surface area contributed by atoms with Gasteiger partial charge in [-0.1, -0.05) is 17.7 Å². The van der Waals surface area contributed by atoms with E-state index < -0.39 is 0 Å². The Morgan fingerprint density at radius 1 is 1.38 bits per heavy atom. The van der Waals surface area contributed by atoms with Crippen molar-refractivity contribution in [2.24, 2.45) is 0 Å². The molecule has 0 fully saturated rings. The minimum absolute atomic E-state index is 0.167. The van der Waals surface area contributed by atoms with Crippen LogP contribution in [0.3, 0.4) is 0 Å². The van der Waals surface area contributed by atoms with E-state index in [0.717, 1.165) is 12.2 Å². The van der Waals surface area contributed by atoms with Crippen molar-refractivity contribution in [3.63, 3.8) is 0 Å². The van der Waals surface area contributed by atoms with E-state index in [2.05, 4.69) is 50.1 Å². The van der Waals surface area contributed by atoms with Crippen LogP contribution in [0.1, 0.15) is 39.0 Å². The van der Waals surface area contributed by atoms with Gasteiger partial charge in [0.05, 0.1) is 0 Å². The lowest BCUT2D eigenvalue weighted by Crippen LogP contribution is -2.36. The fraction of sp³-hybridized carbons (Fsp3) is 0.500. The molecular weight excluding hydrogens is 196 g/mol. The normalized spacial score (nSPS) is 12.9. The fourth-order valence-electron chi connectivity index (χ4n) is 1.30.